The lowest BCUT2D eigenvalue weighted by atomic mass is 10.1. The second-order valence-corrected chi connectivity index (χ2v) is 7.93. The van der Waals surface area contributed by atoms with Crippen LogP contribution in [0.2, 0.25) is 4.47 Å². The summed E-state index contributed by atoms with van der Waals surface area (Å²) < 4.78 is 26.5. The largest absolute Gasteiger partial charge is 0.254 e. The molecule has 16 heavy (non-hydrogen) atoms. The van der Waals surface area contributed by atoms with E-state index in [1.54, 1.807) is 4.31 Å². The first-order chi connectivity index (χ1) is 7.41. The minimum absolute atomic E-state index is 0.0564. The number of aromatic nitrogens is 1. The van der Waals surface area contributed by atoms with Crippen LogP contribution in [-0.2, 0) is 10.0 Å². The number of halogens is 1. The quantitative estimate of drug-likeness (QED) is 0.835. The fourth-order valence-corrected chi connectivity index (χ4v) is 5.26. The predicted molar refractivity (Wildman–Crippen MR) is 64.3 cm³/mol. The zero-order chi connectivity index (χ0) is 11.9. The summed E-state index contributed by atoms with van der Waals surface area (Å²) in [6.07, 6.45) is 2.24. The van der Waals surface area contributed by atoms with E-state index < -0.39 is 10.0 Å². The molecule has 2 rings (SSSR count). The minimum atomic E-state index is -3.40. The van der Waals surface area contributed by atoms with Gasteiger partial charge in [0.15, 0.2) is 8.68 Å². The van der Waals surface area contributed by atoms with Crippen LogP contribution in [-0.4, -0.2) is 30.3 Å². The van der Waals surface area contributed by atoms with Crippen LogP contribution in [0, 0.1) is 5.92 Å². The van der Waals surface area contributed by atoms with Gasteiger partial charge in [0.25, 0.3) is 10.0 Å². The van der Waals surface area contributed by atoms with Gasteiger partial charge in [-0.3, -0.25) is 0 Å². The summed E-state index contributed by atoms with van der Waals surface area (Å²) in [5, 5.41) is 0. The maximum Gasteiger partial charge on any atom is 0.254 e. The van der Waals surface area contributed by atoms with Gasteiger partial charge in [0.05, 0.1) is 6.20 Å². The van der Waals surface area contributed by atoms with Crippen LogP contribution in [0.4, 0.5) is 0 Å². The first-order valence-corrected chi connectivity index (χ1v) is 7.68. The molecule has 1 aliphatic rings. The number of rotatable bonds is 2. The van der Waals surface area contributed by atoms with Crippen molar-refractivity contribution < 1.29 is 8.42 Å². The maximum absolute atomic E-state index is 12.2. The molecule has 0 bridgehead atoms. The zero-order valence-corrected chi connectivity index (χ0v) is 11.4. The Kier molecular flexibility index (Phi) is 3.27. The van der Waals surface area contributed by atoms with Crippen molar-refractivity contribution in [3.63, 3.8) is 0 Å². The standard InChI is InChI=1S/C9H13ClN2O2S2/c1-6-3-7(2)12(5-6)16(13,14)8-4-11-9(10)15-8/h4,6-7H,3,5H2,1-2H3. The van der Waals surface area contributed by atoms with Gasteiger partial charge in [0.1, 0.15) is 0 Å². The van der Waals surface area contributed by atoms with E-state index in [0.29, 0.717) is 12.5 Å². The number of thiazole rings is 1. The summed E-state index contributed by atoms with van der Waals surface area (Å²) in [5.41, 5.74) is 0. The van der Waals surface area contributed by atoms with Gasteiger partial charge in [-0.2, -0.15) is 4.31 Å². The van der Waals surface area contributed by atoms with Crippen molar-refractivity contribution >= 4 is 33.0 Å². The minimum Gasteiger partial charge on any atom is -0.232 e. The molecular formula is C9H13ClN2O2S2. The van der Waals surface area contributed by atoms with Crippen LogP contribution in [0.3, 0.4) is 0 Å². The molecule has 0 radical (unpaired) electrons. The summed E-state index contributed by atoms with van der Waals surface area (Å²) >= 11 is 6.67. The van der Waals surface area contributed by atoms with E-state index in [1.807, 2.05) is 6.92 Å². The van der Waals surface area contributed by atoms with Gasteiger partial charge in [-0.25, -0.2) is 13.4 Å². The summed E-state index contributed by atoms with van der Waals surface area (Å²) in [4.78, 5) is 3.78. The third-order valence-corrected chi connectivity index (χ3v) is 6.28. The molecule has 1 aromatic rings. The third kappa shape index (κ3) is 2.11. The first kappa shape index (κ1) is 12.3. The van der Waals surface area contributed by atoms with E-state index in [2.05, 4.69) is 11.9 Å². The molecule has 0 aromatic carbocycles. The zero-order valence-electron chi connectivity index (χ0n) is 9.05. The first-order valence-electron chi connectivity index (χ1n) is 5.04. The monoisotopic (exact) mass is 280 g/mol. The van der Waals surface area contributed by atoms with Gasteiger partial charge in [-0.15, -0.1) is 0 Å². The molecule has 2 unspecified atom stereocenters. The highest BCUT2D eigenvalue weighted by atomic mass is 35.5. The predicted octanol–water partition coefficient (Wildman–Crippen LogP) is 2.22. The second-order valence-electron chi connectivity index (χ2n) is 4.20. The Morgan fingerprint density at radius 2 is 2.25 bits per heavy atom. The maximum atomic E-state index is 12.2. The van der Waals surface area contributed by atoms with Crippen LogP contribution >= 0.6 is 22.9 Å². The fourth-order valence-electron chi connectivity index (χ4n) is 2.07. The number of hydrogen-bond acceptors (Lipinski definition) is 4. The SMILES string of the molecule is CC1CC(C)N(S(=O)(=O)c2cnc(Cl)s2)C1. The van der Waals surface area contributed by atoms with E-state index in [0.717, 1.165) is 17.8 Å². The Bertz CT molecular complexity index is 485. The Morgan fingerprint density at radius 3 is 2.69 bits per heavy atom. The Hall–Kier alpha value is -0.170. The van der Waals surface area contributed by atoms with Gasteiger partial charge in [0.2, 0.25) is 0 Å². The van der Waals surface area contributed by atoms with Gasteiger partial charge in [0, 0.05) is 12.6 Å². The van der Waals surface area contributed by atoms with Crippen LogP contribution in [0.15, 0.2) is 10.4 Å². The normalized spacial score (nSPS) is 27.4. The van der Waals surface area contributed by atoms with E-state index in [1.165, 1.54) is 6.20 Å². The molecule has 2 atom stereocenters. The van der Waals surface area contributed by atoms with Crippen molar-refractivity contribution in [2.75, 3.05) is 6.54 Å². The van der Waals surface area contributed by atoms with Crippen LogP contribution < -0.4 is 0 Å². The van der Waals surface area contributed by atoms with Crippen LogP contribution in [0.5, 0.6) is 0 Å². The second kappa shape index (κ2) is 4.25. The van der Waals surface area contributed by atoms with Crippen molar-refractivity contribution in [2.24, 2.45) is 5.92 Å². The molecule has 2 heterocycles. The Morgan fingerprint density at radius 1 is 1.56 bits per heavy atom. The van der Waals surface area contributed by atoms with Gasteiger partial charge in [-0.1, -0.05) is 29.9 Å². The highest BCUT2D eigenvalue weighted by molar-refractivity contribution is 7.91. The molecule has 0 amide bonds. The van der Waals surface area contributed by atoms with Crippen LogP contribution in [0.1, 0.15) is 20.3 Å². The van der Waals surface area contributed by atoms with E-state index in [-0.39, 0.29) is 14.7 Å². The number of sulfonamides is 1. The average molecular weight is 281 g/mol. The van der Waals surface area contributed by atoms with Crippen molar-refractivity contribution in [3.05, 3.63) is 10.7 Å². The highest BCUT2D eigenvalue weighted by Crippen LogP contribution is 2.32. The van der Waals surface area contributed by atoms with Gasteiger partial charge >= 0.3 is 0 Å². The molecule has 1 aromatic heterocycles. The van der Waals surface area contributed by atoms with Crippen molar-refractivity contribution in [1.29, 1.82) is 0 Å². The van der Waals surface area contributed by atoms with Crippen molar-refractivity contribution in [2.45, 2.75) is 30.5 Å². The topological polar surface area (TPSA) is 50.3 Å². The van der Waals surface area contributed by atoms with Gasteiger partial charge < -0.3 is 0 Å². The summed E-state index contributed by atoms with van der Waals surface area (Å²) in [7, 11) is -3.40. The molecule has 1 fully saturated rings. The van der Waals surface area contributed by atoms with Crippen molar-refractivity contribution in [1.82, 2.24) is 9.29 Å². The molecule has 1 aliphatic heterocycles. The fraction of sp³-hybridized carbons (Fsp3) is 0.667. The molecular weight excluding hydrogens is 268 g/mol. The molecule has 0 spiro atoms. The highest BCUT2D eigenvalue weighted by Gasteiger charge is 2.37. The Balaban J connectivity index is 2.33. The molecule has 0 N–H and O–H groups in total. The number of hydrogen-bond donors (Lipinski definition) is 0. The lowest BCUT2D eigenvalue weighted by Gasteiger charge is -2.19. The smallest absolute Gasteiger partial charge is 0.232 e. The third-order valence-electron chi connectivity index (χ3n) is 2.75. The summed E-state index contributed by atoms with van der Waals surface area (Å²) in [6.45, 7) is 4.58. The van der Waals surface area contributed by atoms with E-state index in [9.17, 15) is 8.42 Å². The van der Waals surface area contributed by atoms with Gasteiger partial charge in [-0.05, 0) is 19.3 Å². The molecule has 4 nitrogen and oxygen atoms in total. The number of nitrogens with zero attached hydrogens (tertiary/aromatic N) is 2. The molecule has 0 saturated carbocycles. The molecule has 1 saturated heterocycles. The lowest BCUT2D eigenvalue weighted by Crippen LogP contribution is -2.33. The van der Waals surface area contributed by atoms with E-state index in [4.69, 9.17) is 11.6 Å². The molecule has 90 valence electrons. The summed E-state index contributed by atoms with van der Waals surface area (Å²) in [6, 6.07) is 0.0564. The van der Waals surface area contributed by atoms with Crippen molar-refractivity contribution in [3.8, 4) is 0 Å². The Labute approximate surface area is 104 Å². The molecule has 0 aliphatic carbocycles. The average Bonchev–Trinajstić information content (AvgIpc) is 2.73. The van der Waals surface area contributed by atoms with Crippen LogP contribution in [0.25, 0.3) is 0 Å². The van der Waals surface area contributed by atoms with E-state index >= 15 is 0 Å². The summed E-state index contributed by atoms with van der Waals surface area (Å²) in [5.74, 6) is 0.410. The lowest BCUT2D eigenvalue weighted by molar-refractivity contribution is 0.406. The molecule has 7 heteroatoms.